The zero-order valence-corrected chi connectivity index (χ0v) is 14.8. The number of ether oxygens (including phenoxy) is 1. The molecule has 0 spiro atoms. The van der Waals surface area contributed by atoms with E-state index in [-0.39, 0.29) is 11.7 Å². The molecular weight excluding hydrogens is 319 g/mol. The smallest absolute Gasteiger partial charge is 0.233 e. The number of hydrogen-bond donors (Lipinski definition) is 0. The molecular formula is C20H27FN2O2. The van der Waals surface area contributed by atoms with Gasteiger partial charge in [0.1, 0.15) is 5.82 Å². The van der Waals surface area contributed by atoms with Crippen molar-refractivity contribution in [3.63, 3.8) is 0 Å². The van der Waals surface area contributed by atoms with Gasteiger partial charge in [0, 0.05) is 32.7 Å². The zero-order valence-electron chi connectivity index (χ0n) is 14.8. The molecule has 1 aliphatic carbocycles. The van der Waals surface area contributed by atoms with Crippen molar-refractivity contribution >= 4 is 5.91 Å². The molecule has 0 N–H and O–H groups in total. The number of likely N-dealkylation sites (tertiary alicyclic amines) is 1. The van der Waals surface area contributed by atoms with Crippen molar-refractivity contribution in [1.29, 1.82) is 0 Å². The van der Waals surface area contributed by atoms with Crippen LogP contribution in [0, 0.1) is 11.7 Å². The van der Waals surface area contributed by atoms with E-state index in [9.17, 15) is 9.18 Å². The van der Waals surface area contributed by atoms with E-state index >= 15 is 0 Å². The van der Waals surface area contributed by atoms with Crippen molar-refractivity contribution in [2.75, 3.05) is 45.9 Å². The molecule has 3 fully saturated rings. The molecule has 136 valence electrons. The molecule has 0 bridgehead atoms. The highest BCUT2D eigenvalue weighted by Crippen LogP contribution is 2.46. The molecule has 1 aromatic rings. The van der Waals surface area contributed by atoms with E-state index in [1.54, 1.807) is 12.1 Å². The summed E-state index contributed by atoms with van der Waals surface area (Å²) in [6, 6.07) is 6.65. The lowest BCUT2D eigenvalue weighted by molar-refractivity contribution is -0.140. The summed E-state index contributed by atoms with van der Waals surface area (Å²) in [4.78, 5) is 17.8. The van der Waals surface area contributed by atoms with E-state index in [4.69, 9.17) is 4.74 Å². The van der Waals surface area contributed by atoms with Crippen LogP contribution in [0.3, 0.4) is 0 Å². The summed E-state index contributed by atoms with van der Waals surface area (Å²) in [5.74, 6) is 0.517. The minimum atomic E-state index is -0.476. The van der Waals surface area contributed by atoms with Crippen LogP contribution in [0.2, 0.25) is 0 Å². The summed E-state index contributed by atoms with van der Waals surface area (Å²) < 4.78 is 19.1. The maximum Gasteiger partial charge on any atom is 0.233 e. The van der Waals surface area contributed by atoms with Crippen molar-refractivity contribution in [1.82, 2.24) is 9.80 Å². The van der Waals surface area contributed by atoms with Gasteiger partial charge in [-0.2, -0.15) is 0 Å². The molecule has 1 saturated carbocycles. The van der Waals surface area contributed by atoms with Gasteiger partial charge in [-0.1, -0.05) is 18.6 Å². The molecule has 2 heterocycles. The standard InChI is InChI=1S/C20H27FN2O2/c21-18-4-1-3-17(13-18)20(6-2-7-20)19(24)23-8-5-16(15-23)14-22-9-11-25-12-10-22/h1,3-4,13,16H,2,5-12,14-15H2/t16-/m1/s1. The number of carbonyl (C=O) groups excluding carboxylic acids is 1. The fourth-order valence-electron chi connectivity index (χ4n) is 4.56. The van der Waals surface area contributed by atoms with Crippen molar-refractivity contribution in [2.45, 2.75) is 31.1 Å². The second-order valence-electron chi connectivity index (χ2n) is 7.76. The lowest BCUT2D eigenvalue weighted by Gasteiger charge is -2.43. The van der Waals surface area contributed by atoms with Gasteiger partial charge < -0.3 is 9.64 Å². The zero-order chi connectivity index (χ0) is 17.3. The summed E-state index contributed by atoms with van der Waals surface area (Å²) in [5.41, 5.74) is 0.385. The first-order valence-corrected chi connectivity index (χ1v) is 9.53. The second-order valence-corrected chi connectivity index (χ2v) is 7.76. The lowest BCUT2D eigenvalue weighted by Crippen LogP contribution is -2.50. The summed E-state index contributed by atoms with van der Waals surface area (Å²) in [6.07, 6.45) is 3.81. The molecule has 4 nitrogen and oxygen atoms in total. The van der Waals surface area contributed by atoms with E-state index in [0.29, 0.717) is 5.92 Å². The predicted molar refractivity (Wildman–Crippen MR) is 93.9 cm³/mol. The molecule has 5 heteroatoms. The first kappa shape index (κ1) is 17.0. The van der Waals surface area contributed by atoms with Gasteiger partial charge in [-0.05, 0) is 42.9 Å². The Balaban J connectivity index is 1.42. The molecule has 1 amide bonds. The highest BCUT2D eigenvalue weighted by Gasteiger charge is 2.48. The van der Waals surface area contributed by atoms with Crippen molar-refractivity contribution in [3.05, 3.63) is 35.6 Å². The van der Waals surface area contributed by atoms with Crippen LogP contribution in [-0.4, -0.2) is 61.6 Å². The van der Waals surface area contributed by atoms with Crippen LogP contribution in [0.4, 0.5) is 4.39 Å². The fourth-order valence-corrected chi connectivity index (χ4v) is 4.56. The van der Waals surface area contributed by atoms with Gasteiger partial charge in [-0.15, -0.1) is 0 Å². The Kier molecular flexibility index (Phi) is 4.78. The van der Waals surface area contributed by atoms with E-state index < -0.39 is 5.41 Å². The highest BCUT2D eigenvalue weighted by molar-refractivity contribution is 5.89. The Bertz CT molecular complexity index is 626. The largest absolute Gasteiger partial charge is 0.379 e. The van der Waals surface area contributed by atoms with Gasteiger partial charge in [0.15, 0.2) is 0 Å². The number of nitrogens with zero attached hydrogens (tertiary/aromatic N) is 2. The second kappa shape index (κ2) is 7.04. The maximum absolute atomic E-state index is 13.7. The quantitative estimate of drug-likeness (QED) is 0.839. The van der Waals surface area contributed by atoms with Crippen molar-refractivity contribution < 1.29 is 13.9 Å². The number of morpholine rings is 1. The number of benzene rings is 1. The third-order valence-electron chi connectivity index (χ3n) is 6.19. The first-order chi connectivity index (χ1) is 12.2. The van der Waals surface area contributed by atoms with Gasteiger partial charge in [-0.3, -0.25) is 9.69 Å². The summed E-state index contributed by atoms with van der Waals surface area (Å²) in [7, 11) is 0. The molecule has 1 aromatic carbocycles. The van der Waals surface area contributed by atoms with E-state index in [1.807, 2.05) is 11.0 Å². The normalized spacial score (nSPS) is 26.4. The van der Waals surface area contributed by atoms with Crippen LogP contribution in [0.5, 0.6) is 0 Å². The van der Waals surface area contributed by atoms with Gasteiger partial charge in [0.05, 0.1) is 18.6 Å². The molecule has 25 heavy (non-hydrogen) atoms. The van der Waals surface area contributed by atoms with E-state index in [1.165, 1.54) is 6.07 Å². The van der Waals surface area contributed by atoms with Gasteiger partial charge >= 0.3 is 0 Å². The van der Waals surface area contributed by atoms with Crippen LogP contribution >= 0.6 is 0 Å². The molecule has 0 unspecified atom stereocenters. The minimum absolute atomic E-state index is 0.217. The Morgan fingerprint density at radius 1 is 1.24 bits per heavy atom. The average molecular weight is 346 g/mol. The number of hydrogen-bond acceptors (Lipinski definition) is 3. The Morgan fingerprint density at radius 3 is 2.72 bits per heavy atom. The highest BCUT2D eigenvalue weighted by atomic mass is 19.1. The monoisotopic (exact) mass is 346 g/mol. The average Bonchev–Trinajstić information content (AvgIpc) is 3.03. The SMILES string of the molecule is O=C(N1CC[C@H](CN2CCOCC2)C1)C1(c2cccc(F)c2)CCC1. The number of halogens is 1. The molecule has 2 aliphatic heterocycles. The third kappa shape index (κ3) is 3.32. The topological polar surface area (TPSA) is 32.8 Å². The third-order valence-corrected chi connectivity index (χ3v) is 6.19. The molecule has 0 aromatic heterocycles. The van der Waals surface area contributed by atoms with Crippen molar-refractivity contribution in [3.8, 4) is 0 Å². The van der Waals surface area contributed by atoms with Crippen LogP contribution in [0.15, 0.2) is 24.3 Å². The fraction of sp³-hybridized carbons (Fsp3) is 0.650. The van der Waals surface area contributed by atoms with Gasteiger partial charge in [-0.25, -0.2) is 4.39 Å². The summed E-state index contributed by atoms with van der Waals surface area (Å²) in [5, 5.41) is 0. The Morgan fingerprint density at radius 2 is 2.04 bits per heavy atom. The number of carbonyl (C=O) groups is 1. The molecule has 2 saturated heterocycles. The van der Waals surface area contributed by atoms with Crippen LogP contribution in [0.25, 0.3) is 0 Å². The summed E-state index contributed by atoms with van der Waals surface area (Å²) >= 11 is 0. The number of amides is 1. The Hall–Kier alpha value is -1.46. The first-order valence-electron chi connectivity index (χ1n) is 9.53. The molecule has 3 aliphatic rings. The number of rotatable bonds is 4. The van der Waals surface area contributed by atoms with Gasteiger partial charge in [0.25, 0.3) is 0 Å². The molecule has 1 atom stereocenters. The van der Waals surface area contributed by atoms with Gasteiger partial charge in [0.2, 0.25) is 5.91 Å². The Labute approximate surface area is 148 Å². The van der Waals surface area contributed by atoms with Crippen LogP contribution < -0.4 is 0 Å². The van der Waals surface area contributed by atoms with Crippen LogP contribution in [0.1, 0.15) is 31.2 Å². The van der Waals surface area contributed by atoms with E-state index in [2.05, 4.69) is 4.90 Å². The van der Waals surface area contributed by atoms with E-state index in [0.717, 1.165) is 77.2 Å². The molecule has 4 rings (SSSR count). The van der Waals surface area contributed by atoms with Crippen LogP contribution in [-0.2, 0) is 14.9 Å². The molecule has 0 radical (unpaired) electrons. The summed E-state index contributed by atoms with van der Waals surface area (Å²) in [6.45, 7) is 6.36. The van der Waals surface area contributed by atoms with Crippen molar-refractivity contribution in [2.24, 2.45) is 5.92 Å². The lowest BCUT2D eigenvalue weighted by atomic mass is 9.63. The predicted octanol–water partition coefficient (Wildman–Crippen LogP) is 2.43. The maximum atomic E-state index is 13.7. The minimum Gasteiger partial charge on any atom is -0.379 e.